The average Bonchev–Trinajstić information content (AvgIpc) is 3.24. The number of nitrogens with zero attached hydrogens (tertiary/aromatic N) is 2. The fourth-order valence-electron chi connectivity index (χ4n) is 3.45. The number of piperazine rings is 1. The molecule has 28 heavy (non-hydrogen) atoms. The monoisotopic (exact) mass is 396 g/mol. The highest BCUT2D eigenvalue weighted by Gasteiger charge is 2.26. The van der Waals surface area contributed by atoms with Gasteiger partial charge in [0, 0.05) is 48.5 Å². The van der Waals surface area contributed by atoms with E-state index in [-0.39, 0.29) is 5.91 Å². The zero-order valence-electron chi connectivity index (χ0n) is 15.6. The van der Waals surface area contributed by atoms with Gasteiger partial charge in [-0.25, -0.2) is 0 Å². The van der Waals surface area contributed by atoms with Gasteiger partial charge in [-0.3, -0.25) is 4.79 Å². The van der Waals surface area contributed by atoms with Crippen molar-refractivity contribution in [1.82, 2.24) is 4.90 Å². The quantitative estimate of drug-likeness (QED) is 0.648. The molecule has 6 heteroatoms. The van der Waals surface area contributed by atoms with E-state index in [0.717, 1.165) is 30.1 Å². The van der Waals surface area contributed by atoms with Crippen molar-refractivity contribution in [2.75, 3.05) is 38.2 Å². The molecule has 0 spiro atoms. The molecule has 1 aromatic heterocycles. The molecule has 1 aliphatic rings. The topological polar surface area (TPSA) is 45.9 Å². The minimum Gasteiger partial charge on any atom is -0.497 e. The summed E-state index contributed by atoms with van der Waals surface area (Å²) in [5, 5.41) is 0.650. The maximum atomic E-state index is 13.1. The molecule has 1 aliphatic heterocycles. The zero-order valence-corrected chi connectivity index (χ0v) is 16.4. The Hall–Kier alpha value is -2.92. The predicted molar refractivity (Wildman–Crippen MR) is 110 cm³/mol. The molecule has 1 fully saturated rings. The van der Waals surface area contributed by atoms with Crippen molar-refractivity contribution >= 4 is 23.2 Å². The lowest BCUT2D eigenvalue weighted by Gasteiger charge is -2.36. The van der Waals surface area contributed by atoms with E-state index in [1.807, 2.05) is 35.2 Å². The third-order valence-corrected chi connectivity index (χ3v) is 5.24. The molecule has 0 radical (unpaired) electrons. The molecule has 3 aromatic rings. The van der Waals surface area contributed by atoms with Crippen LogP contribution in [0.5, 0.6) is 5.75 Å². The molecule has 2 aromatic carbocycles. The van der Waals surface area contributed by atoms with Crippen molar-refractivity contribution in [2.45, 2.75) is 0 Å². The maximum absolute atomic E-state index is 13.1. The molecule has 1 saturated heterocycles. The fraction of sp³-hybridized carbons (Fsp3) is 0.227. The number of amides is 1. The summed E-state index contributed by atoms with van der Waals surface area (Å²) >= 11 is 5.96. The Morgan fingerprint density at radius 2 is 1.79 bits per heavy atom. The van der Waals surface area contributed by atoms with Crippen molar-refractivity contribution in [1.29, 1.82) is 0 Å². The molecule has 0 atom stereocenters. The first-order chi connectivity index (χ1) is 13.7. The number of halogens is 1. The fourth-order valence-corrected chi connectivity index (χ4v) is 3.57. The van der Waals surface area contributed by atoms with Gasteiger partial charge in [0.25, 0.3) is 5.91 Å². The second-order valence-corrected chi connectivity index (χ2v) is 7.09. The first-order valence-electron chi connectivity index (χ1n) is 9.17. The summed E-state index contributed by atoms with van der Waals surface area (Å²) in [4.78, 5) is 17.2. The van der Waals surface area contributed by atoms with Gasteiger partial charge in [-0.15, -0.1) is 0 Å². The van der Waals surface area contributed by atoms with E-state index in [0.29, 0.717) is 29.4 Å². The lowest BCUT2D eigenvalue weighted by molar-refractivity contribution is 0.0747. The van der Waals surface area contributed by atoms with Gasteiger partial charge in [0.1, 0.15) is 11.5 Å². The van der Waals surface area contributed by atoms with E-state index >= 15 is 0 Å². The Labute approximate surface area is 169 Å². The van der Waals surface area contributed by atoms with Gasteiger partial charge in [0.05, 0.1) is 18.9 Å². The second-order valence-electron chi connectivity index (χ2n) is 6.65. The molecule has 0 aliphatic carbocycles. The predicted octanol–water partition coefficient (Wildman–Crippen LogP) is 4.57. The molecular formula is C22H21ClN2O3. The molecule has 1 amide bonds. The van der Waals surface area contributed by atoms with Gasteiger partial charge >= 0.3 is 0 Å². The van der Waals surface area contributed by atoms with Crippen LogP contribution in [0.25, 0.3) is 11.3 Å². The molecule has 0 bridgehead atoms. The largest absolute Gasteiger partial charge is 0.497 e. The van der Waals surface area contributed by atoms with E-state index in [1.165, 1.54) is 0 Å². The van der Waals surface area contributed by atoms with Gasteiger partial charge < -0.3 is 19.0 Å². The Kier molecular flexibility index (Phi) is 5.26. The lowest BCUT2D eigenvalue weighted by atomic mass is 10.1. The number of furan rings is 1. The number of methoxy groups -OCH3 is 1. The highest BCUT2D eigenvalue weighted by atomic mass is 35.5. The first kappa shape index (κ1) is 18.4. The Balaban J connectivity index is 1.46. The summed E-state index contributed by atoms with van der Waals surface area (Å²) in [5.41, 5.74) is 2.53. The SMILES string of the molecule is COc1cccc(N2CCN(C(=O)c3ccoc3-c3ccc(Cl)cc3)CC2)c1. The summed E-state index contributed by atoms with van der Waals surface area (Å²) in [6.07, 6.45) is 1.56. The molecule has 0 N–H and O–H groups in total. The minimum atomic E-state index is -0.0102. The van der Waals surface area contributed by atoms with Crippen molar-refractivity contribution in [2.24, 2.45) is 0 Å². The molecule has 0 unspecified atom stereocenters. The number of hydrogen-bond acceptors (Lipinski definition) is 4. The van der Waals surface area contributed by atoms with Crippen molar-refractivity contribution in [3.8, 4) is 17.1 Å². The smallest absolute Gasteiger partial charge is 0.257 e. The third kappa shape index (κ3) is 3.71. The number of benzene rings is 2. The zero-order chi connectivity index (χ0) is 19.5. The summed E-state index contributed by atoms with van der Waals surface area (Å²) in [6, 6.07) is 17.0. The number of anilines is 1. The third-order valence-electron chi connectivity index (χ3n) is 4.99. The Morgan fingerprint density at radius 3 is 2.50 bits per heavy atom. The summed E-state index contributed by atoms with van der Waals surface area (Å²) in [5.74, 6) is 1.41. The van der Waals surface area contributed by atoms with Crippen LogP contribution in [-0.4, -0.2) is 44.1 Å². The van der Waals surface area contributed by atoms with Crippen molar-refractivity contribution < 1.29 is 13.9 Å². The minimum absolute atomic E-state index is 0.0102. The average molecular weight is 397 g/mol. The Morgan fingerprint density at radius 1 is 1.04 bits per heavy atom. The van der Waals surface area contributed by atoms with Crippen LogP contribution in [-0.2, 0) is 0 Å². The normalized spacial score (nSPS) is 14.2. The Bertz CT molecular complexity index is 960. The van der Waals surface area contributed by atoms with E-state index in [9.17, 15) is 4.79 Å². The van der Waals surface area contributed by atoms with E-state index in [4.69, 9.17) is 20.8 Å². The van der Waals surface area contributed by atoms with Crippen LogP contribution in [0.15, 0.2) is 65.3 Å². The van der Waals surface area contributed by atoms with Crippen LogP contribution >= 0.6 is 11.6 Å². The number of rotatable bonds is 4. The summed E-state index contributed by atoms with van der Waals surface area (Å²) in [7, 11) is 1.67. The van der Waals surface area contributed by atoms with Crippen molar-refractivity contribution in [3.05, 3.63) is 71.4 Å². The second kappa shape index (κ2) is 7.98. The number of carbonyl (C=O) groups is 1. The van der Waals surface area contributed by atoms with Crippen molar-refractivity contribution in [3.63, 3.8) is 0 Å². The molecular weight excluding hydrogens is 376 g/mol. The summed E-state index contributed by atoms with van der Waals surface area (Å²) in [6.45, 7) is 2.85. The van der Waals surface area contributed by atoms with Crippen LogP contribution in [0, 0.1) is 0 Å². The molecule has 144 valence electrons. The molecule has 4 rings (SSSR count). The highest BCUT2D eigenvalue weighted by Crippen LogP contribution is 2.28. The molecule has 2 heterocycles. The van der Waals surface area contributed by atoms with Gasteiger partial charge in [-0.1, -0.05) is 17.7 Å². The van der Waals surface area contributed by atoms with Crippen LogP contribution in [0.1, 0.15) is 10.4 Å². The van der Waals surface area contributed by atoms with E-state index in [2.05, 4.69) is 11.0 Å². The molecule has 0 saturated carbocycles. The van der Waals surface area contributed by atoms with Crippen LogP contribution in [0.2, 0.25) is 5.02 Å². The number of hydrogen-bond donors (Lipinski definition) is 0. The van der Waals surface area contributed by atoms with Gasteiger partial charge in [-0.2, -0.15) is 0 Å². The van der Waals surface area contributed by atoms with Crippen LogP contribution in [0.3, 0.4) is 0 Å². The van der Waals surface area contributed by atoms with Gasteiger partial charge in [-0.05, 0) is 42.5 Å². The lowest BCUT2D eigenvalue weighted by Crippen LogP contribution is -2.48. The van der Waals surface area contributed by atoms with E-state index < -0.39 is 0 Å². The number of ether oxygens (including phenoxy) is 1. The standard InChI is InChI=1S/C22H21ClN2O3/c1-27-19-4-2-3-18(15-19)24-10-12-25(13-11-24)22(26)20-9-14-28-21(20)16-5-7-17(23)8-6-16/h2-9,14-15H,10-13H2,1H3. The summed E-state index contributed by atoms with van der Waals surface area (Å²) < 4.78 is 10.9. The maximum Gasteiger partial charge on any atom is 0.257 e. The highest BCUT2D eigenvalue weighted by molar-refractivity contribution is 6.30. The van der Waals surface area contributed by atoms with Gasteiger partial charge in [0.15, 0.2) is 0 Å². The van der Waals surface area contributed by atoms with Gasteiger partial charge in [0.2, 0.25) is 0 Å². The number of carbonyl (C=O) groups excluding carboxylic acids is 1. The van der Waals surface area contributed by atoms with E-state index in [1.54, 1.807) is 31.6 Å². The van der Waals surface area contributed by atoms with Crippen LogP contribution < -0.4 is 9.64 Å². The molecule has 5 nitrogen and oxygen atoms in total. The first-order valence-corrected chi connectivity index (χ1v) is 9.55. The van der Waals surface area contributed by atoms with Crippen LogP contribution in [0.4, 0.5) is 5.69 Å².